The molecule has 4 nitrogen and oxygen atoms in total. The van der Waals surface area contributed by atoms with Gasteiger partial charge in [-0.2, -0.15) is 0 Å². The van der Waals surface area contributed by atoms with Crippen LogP contribution in [0.15, 0.2) is 18.3 Å². The monoisotopic (exact) mass is 170 g/mol. The fraction of sp³-hybridized carbons (Fsp3) is 0.143. The van der Waals surface area contributed by atoms with Gasteiger partial charge in [0.25, 0.3) is 0 Å². The smallest absolute Gasteiger partial charge is 0.356 e. The minimum absolute atomic E-state index is 0.0696. The summed E-state index contributed by atoms with van der Waals surface area (Å²) in [5, 5.41) is 0. The summed E-state index contributed by atoms with van der Waals surface area (Å²) in [6, 6.07) is 2.65. The third kappa shape index (κ3) is 1.69. The number of carbonyl (C=O) groups is 1. The topological polar surface area (TPSA) is 51.2 Å². The molecule has 0 fully saturated rings. The third-order valence-corrected chi connectivity index (χ3v) is 1.26. The summed E-state index contributed by atoms with van der Waals surface area (Å²) in [5.74, 6) is -0.591. The highest BCUT2D eigenvalue weighted by Gasteiger charge is 2.06. The zero-order chi connectivity index (χ0) is 8.97. The summed E-state index contributed by atoms with van der Waals surface area (Å²) in [7, 11) is 1.24. The highest BCUT2D eigenvalue weighted by Crippen LogP contribution is 2.08. The average Bonchev–Trinajstić information content (AvgIpc) is 2.17. The van der Waals surface area contributed by atoms with Crippen LogP contribution in [0.5, 0.6) is 0 Å². The van der Waals surface area contributed by atoms with E-state index in [1.54, 1.807) is 0 Å². The van der Waals surface area contributed by atoms with Crippen LogP contribution in [0.3, 0.4) is 0 Å². The first-order chi connectivity index (χ1) is 5.77. The molecule has 1 rings (SSSR count). The maximum absolute atomic E-state index is 11.8. The van der Waals surface area contributed by atoms with Gasteiger partial charge in [-0.1, -0.05) is 0 Å². The van der Waals surface area contributed by atoms with Gasteiger partial charge in [-0.05, 0) is 12.1 Å². The summed E-state index contributed by atoms with van der Waals surface area (Å²) < 4.78 is 16.2. The molecule has 1 N–H and O–H groups in total. The van der Waals surface area contributed by atoms with Crippen molar-refractivity contribution in [2.45, 2.75) is 0 Å². The van der Waals surface area contributed by atoms with E-state index in [4.69, 9.17) is 0 Å². The Hall–Kier alpha value is -1.65. The van der Waals surface area contributed by atoms with E-state index in [0.29, 0.717) is 0 Å². The molecule has 12 heavy (non-hydrogen) atoms. The number of hydrogen-bond acceptors (Lipinski definition) is 4. The first-order valence-corrected chi connectivity index (χ1v) is 3.19. The molecule has 5 heteroatoms. The maximum Gasteiger partial charge on any atom is 0.356 e. The van der Waals surface area contributed by atoms with Crippen molar-refractivity contribution in [2.24, 2.45) is 0 Å². The predicted molar refractivity (Wildman–Crippen MR) is 40.3 cm³/mol. The summed E-state index contributed by atoms with van der Waals surface area (Å²) in [6.07, 6.45) is 1.31. The number of anilines is 1. The molecule has 0 unspecified atom stereocenters. The van der Waals surface area contributed by atoms with Crippen molar-refractivity contribution in [2.75, 3.05) is 12.6 Å². The molecule has 0 saturated carbocycles. The molecule has 0 amide bonds. The second-order valence-corrected chi connectivity index (χ2v) is 2.02. The number of pyridine rings is 1. The van der Waals surface area contributed by atoms with Crippen LogP contribution in [0.4, 0.5) is 10.2 Å². The number of aromatic nitrogens is 1. The number of halogens is 1. The summed E-state index contributed by atoms with van der Waals surface area (Å²) in [6.45, 7) is 0. The van der Waals surface area contributed by atoms with Gasteiger partial charge in [-0.25, -0.2) is 15.3 Å². The van der Waals surface area contributed by atoms with Crippen LogP contribution < -0.4 is 5.54 Å². The Morgan fingerprint density at radius 2 is 2.50 bits per heavy atom. The lowest BCUT2D eigenvalue weighted by molar-refractivity contribution is 0.0594. The second-order valence-electron chi connectivity index (χ2n) is 2.02. The van der Waals surface area contributed by atoms with Crippen LogP contribution in [0.25, 0.3) is 0 Å². The zero-order valence-corrected chi connectivity index (χ0v) is 6.37. The van der Waals surface area contributed by atoms with Gasteiger partial charge in [-0.15, -0.1) is 4.48 Å². The molecule has 0 saturated heterocycles. The van der Waals surface area contributed by atoms with E-state index in [0.717, 1.165) is 0 Å². The van der Waals surface area contributed by atoms with Crippen molar-refractivity contribution in [1.29, 1.82) is 0 Å². The van der Waals surface area contributed by atoms with Gasteiger partial charge >= 0.3 is 5.97 Å². The number of nitrogens with one attached hydrogen (secondary N) is 1. The lowest BCUT2D eigenvalue weighted by Crippen LogP contribution is -2.03. The van der Waals surface area contributed by atoms with Gasteiger partial charge in [0.2, 0.25) is 0 Å². The van der Waals surface area contributed by atoms with Gasteiger partial charge in [0, 0.05) is 6.20 Å². The number of ether oxygens (including phenoxy) is 1. The molecule has 1 aromatic rings. The molecular formula is C7H7FN2O2. The normalized spacial score (nSPS) is 9.17. The number of hydrogen-bond donors (Lipinski definition) is 1. The highest BCUT2D eigenvalue weighted by atomic mass is 19.2. The van der Waals surface area contributed by atoms with Crippen molar-refractivity contribution in [1.82, 2.24) is 4.98 Å². The lowest BCUT2D eigenvalue weighted by atomic mass is 10.3. The highest BCUT2D eigenvalue weighted by molar-refractivity contribution is 5.88. The standard InChI is InChI=1S/C7H7FN2O2/c1-12-7(11)6-4-5(10-8)2-3-9-6/h2-4H,1H3,(H,9,10). The number of nitrogens with zero attached hydrogens (tertiary/aromatic N) is 1. The molecule has 0 spiro atoms. The number of esters is 1. The Morgan fingerprint density at radius 1 is 1.75 bits per heavy atom. The van der Waals surface area contributed by atoms with E-state index in [-0.39, 0.29) is 11.4 Å². The first-order valence-electron chi connectivity index (χ1n) is 3.19. The Kier molecular flexibility index (Phi) is 2.57. The van der Waals surface area contributed by atoms with Crippen LogP contribution in [0.2, 0.25) is 0 Å². The summed E-state index contributed by atoms with van der Waals surface area (Å²) in [4.78, 5) is 14.5. The second kappa shape index (κ2) is 3.66. The number of carbonyl (C=O) groups excluding carboxylic acids is 1. The largest absolute Gasteiger partial charge is 0.464 e. The fourth-order valence-corrected chi connectivity index (χ4v) is 0.706. The van der Waals surface area contributed by atoms with Crippen molar-refractivity contribution in [3.05, 3.63) is 24.0 Å². The molecular weight excluding hydrogens is 163 g/mol. The quantitative estimate of drug-likeness (QED) is 0.534. The first kappa shape index (κ1) is 8.45. The van der Waals surface area contributed by atoms with Crippen molar-refractivity contribution in [3.63, 3.8) is 0 Å². The van der Waals surface area contributed by atoms with Crippen LogP contribution in [0, 0.1) is 0 Å². The number of rotatable bonds is 2. The molecule has 0 radical (unpaired) electrons. The molecule has 0 aromatic carbocycles. The fourth-order valence-electron chi connectivity index (χ4n) is 0.706. The summed E-state index contributed by atoms with van der Waals surface area (Å²) >= 11 is 0. The van der Waals surface area contributed by atoms with Crippen molar-refractivity contribution >= 4 is 11.7 Å². The van der Waals surface area contributed by atoms with E-state index < -0.39 is 5.97 Å². The number of methoxy groups -OCH3 is 1. The lowest BCUT2D eigenvalue weighted by Gasteiger charge is -1.99. The van der Waals surface area contributed by atoms with E-state index in [1.807, 2.05) is 0 Å². The predicted octanol–water partition coefficient (Wildman–Crippen LogP) is 1.16. The zero-order valence-electron chi connectivity index (χ0n) is 6.37. The van der Waals surface area contributed by atoms with Gasteiger partial charge in [-0.3, -0.25) is 0 Å². The van der Waals surface area contributed by atoms with Gasteiger partial charge in [0.1, 0.15) is 5.69 Å². The SMILES string of the molecule is COC(=O)c1cc(NF)ccn1. The Bertz CT molecular complexity index is 290. The van der Waals surface area contributed by atoms with E-state index >= 15 is 0 Å². The molecule has 0 bridgehead atoms. The van der Waals surface area contributed by atoms with Crippen LogP contribution >= 0.6 is 0 Å². The molecule has 1 aromatic heterocycles. The van der Waals surface area contributed by atoms with Crippen LogP contribution in [-0.2, 0) is 4.74 Å². The molecule has 0 atom stereocenters. The Balaban J connectivity index is 2.93. The van der Waals surface area contributed by atoms with Gasteiger partial charge in [0.15, 0.2) is 0 Å². The molecule has 64 valence electrons. The van der Waals surface area contributed by atoms with Crippen LogP contribution in [-0.4, -0.2) is 18.1 Å². The summed E-state index contributed by atoms with van der Waals surface area (Å²) in [5.41, 5.74) is 1.64. The average molecular weight is 170 g/mol. The van der Waals surface area contributed by atoms with Crippen molar-refractivity contribution < 1.29 is 14.0 Å². The van der Waals surface area contributed by atoms with E-state index in [9.17, 15) is 9.28 Å². The molecule has 0 aliphatic heterocycles. The molecule has 0 aliphatic carbocycles. The maximum atomic E-state index is 11.8. The van der Waals surface area contributed by atoms with E-state index in [2.05, 4.69) is 9.72 Å². The van der Waals surface area contributed by atoms with E-state index in [1.165, 1.54) is 31.0 Å². The van der Waals surface area contributed by atoms with Crippen molar-refractivity contribution in [3.8, 4) is 0 Å². The third-order valence-electron chi connectivity index (χ3n) is 1.26. The minimum Gasteiger partial charge on any atom is -0.464 e. The molecule has 0 aliphatic rings. The van der Waals surface area contributed by atoms with Gasteiger partial charge in [0.05, 0.1) is 12.8 Å². The Morgan fingerprint density at radius 3 is 3.08 bits per heavy atom. The Labute approximate surface area is 68.3 Å². The minimum atomic E-state index is -0.591. The van der Waals surface area contributed by atoms with Crippen LogP contribution in [0.1, 0.15) is 10.5 Å². The van der Waals surface area contributed by atoms with Gasteiger partial charge < -0.3 is 4.74 Å². The molecule has 1 heterocycles.